The van der Waals surface area contributed by atoms with E-state index < -0.39 is 11.9 Å². The first-order valence-corrected chi connectivity index (χ1v) is 5.74. The number of rotatable bonds is 3. The Kier molecular flexibility index (Phi) is 3.77. The molecule has 2 N–H and O–H groups in total. The molecular weight excluding hydrogens is 244 g/mol. The van der Waals surface area contributed by atoms with Gasteiger partial charge in [-0.1, -0.05) is 36.4 Å². The first-order valence-electron chi connectivity index (χ1n) is 5.74. The number of ether oxygens (including phenoxy) is 2. The van der Waals surface area contributed by atoms with Crippen LogP contribution in [0.2, 0.25) is 0 Å². The van der Waals surface area contributed by atoms with E-state index in [1.807, 2.05) is 18.2 Å². The number of hydrogen-bond acceptors (Lipinski definition) is 5. The third-order valence-electron chi connectivity index (χ3n) is 2.47. The molecule has 98 valence electrons. The zero-order chi connectivity index (χ0) is 13.7. The maximum Gasteiger partial charge on any atom is 0.517 e. The summed E-state index contributed by atoms with van der Waals surface area (Å²) in [6, 6.07) is 14.0. The third-order valence-corrected chi connectivity index (χ3v) is 2.47. The second-order valence-corrected chi connectivity index (χ2v) is 4.10. The van der Waals surface area contributed by atoms with Crippen LogP contribution in [0.3, 0.4) is 0 Å². The molecule has 19 heavy (non-hydrogen) atoms. The molecule has 0 spiro atoms. The summed E-state index contributed by atoms with van der Waals surface area (Å²) in [5, 5.41) is 0. The number of hydrogen-bond donors (Lipinski definition) is 1. The topological polar surface area (TPSA) is 74.4 Å². The van der Waals surface area contributed by atoms with Crippen LogP contribution < -0.4 is 10.5 Å². The molecule has 0 fully saturated rings. The Labute approximate surface area is 111 Å². The van der Waals surface area contributed by atoms with Crippen molar-refractivity contribution in [2.45, 2.75) is 12.6 Å². The zero-order valence-electron chi connectivity index (χ0n) is 10.4. The van der Waals surface area contributed by atoms with Crippen molar-refractivity contribution in [3.05, 3.63) is 60.3 Å². The molecule has 0 bridgehead atoms. The first kappa shape index (κ1) is 13.0. The quantitative estimate of drug-likeness (QED) is 0.676. The maximum atomic E-state index is 11.6. The minimum Gasteiger partial charge on any atom is -0.408 e. The van der Waals surface area contributed by atoms with E-state index in [-0.39, 0.29) is 5.88 Å². The molecule has 1 aromatic carbocycles. The van der Waals surface area contributed by atoms with Gasteiger partial charge in [0.25, 0.3) is 0 Å². The standard InChI is InChI=1S/C14H14N2O3/c1-14(15,11-7-3-2-4-8-11)19-13(17)18-12-9-5-6-10-16-12/h2-10H,15H2,1H3. The number of carbonyl (C=O) groups excluding carboxylic acids is 1. The van der Waals surface area contributed by atoms with Crippen LogP contribution in [0.15, 0.2) is 54.7 Å². The molecule has 2 aromatic rings. The van der Waals surface area contributed by atoms with Crippen molar-refractivity contribution in [1.82, 2.24) is 4.98 Å². The Morgan fingerprint density at radius 1 is 1.16 bits per heavy atom. The van der Waals surface area contributed by atoms with Crippen LogP contribution in [0.5, 0.6) is 5.88 Å². The van der Waals surface area contributed by atoms with E-state index in [4.69, 9.17) is 15.2 Å². The number of pyridine rings is 1. The molecule has 5 heteroatoms. The smallest absolute Gasteiger partial charge is 0.408 e. The highest BCUT2D eigenvalue weighted by molar-refractivity contribution is 5.63. The molecule has 1 heterocycles. The molecule has 1 unspecified atom stereocenters. The van der Waals surface area contributed by atoms with Crippen molar-refractivity contribution < 1.29 is 14.3 Å². The predicted molar refractivity (Wildman–Crippen MR) is 69.3 cm³/mol. The lowest BCUT2D eigenvalue weighted by atomic mass is 10.1. The van der Waals surface area contributed by atoms with Gasteiger partial charge in [0.15, 0.2) is 5.72 Å². The van der Waals surface area contributed by atoms with Gasteiger partial charge in [0, 0.05) is 17.8 Å². The van der Waals surface area contributed by atoms with Crippen LogP contribution in [-0.4, -0.2) is 11.1 Å². The monoisotopic (exact) mass is 258 g/mol. The molecule has 0 amide bonds. The molecule has 5 nitrogen and oxygen atoms in total. The molecule has 0 radical (unpaired) electrons. The lowest BCUT2D eigenvalue weighted by Gasteiger charge is -2.24. The van der Waals surface area contributed by atoms with Gasteiger partial charge in [-0.25, -0.2) is 9.78 Å². The van der Waals surface area contributed by atoms with Gasteiger partial charge in [-0.2, -0.15) is 0 Å². The van der Waals surface area contributed by atoms with Crippen molar-refractivity contribution >= 4 is 6.16 Å². The number of nitrogens with two attached hydrogens (primary N) is 1. The van der Waals surface area contributed by atoms with E-state index in [0.717, 1.165) is 0 Å². The Bertz CT molecular complexity index is 541. The molecule has 0 saturated carbocycles. The average molecular weight is 258 g/mol. The van der Waals surface area contributed by atoms with Crippen LogP contribution in [0, 0.1) is 0 Å². The highest BCUT2D eigenvalue weighted by Crippen LogP contribution is 2.19. The number of carbonyl (C=O) groups is 1. The second-order valence-electron chi connectivity index (χ2n) is 4.10. The molecule has 0 aliphatic heterocycles. The third kappa shape index (κ3) is 3.53. The highest BCUT2D eigenvalue weighted by atomic mass is 16.7. The van der Waals surface area contributed by atoms with E-state index in [2.05, 4.69) is 4.98 Å². The largest absolute Gasteiger partial charge is 0.517 e. The van der Waals surface area contributed by atoms with Crippen molar-refractivity contribution in [3.8, 4) is 5.88 Å². The normalized spacial score (nSPS) is 13.4. The van der Waals surface area contributed by atoms with Gasteiger partial charge in [0.05, 0.1) is 0 Å². The fourth-order valence-corrected chi connectivity index (χ4v) is 1.51. The highest BCUT2D eigenvalue weighted by Gasteiger charge is 2.27. The van der Waals surface area contributed by atoms with Crippen molar-refractivity contribution in [2.24, 2.45) is 5.73 Å². The summed E-state index contributed by atoms with van der Waals surface area (Å²) in [4.78, 5) is 15.5. The van der Waals surface area contributed by atoms with Gasteiger partial charge in [0.2, 0.25) is 5.88 Å². The lowest BCUT2D eigenvalue weighted by molar-refractivity contribution is -0.00250. The van der Waals surface area contributed by atoms with E-state index in [9.17, 15) is 4.79 Å². The molecule has 1 aromatic heterocycles. The molecule has 1 atom stereocenters. The minimum absolute atomic E-state index is 0.163. The van der Waals surface area contributed by atoms with Crippen molar-refractivity contribution in [3.63, 3.8) is 0 Å². The van der Waals surface area contributed by atoms with Gasteiger partial charge in [-0.15, -0.1) is 0 Å². The van der Waals surface area contributed by atoms with Gasteiger partial charge in [0.1, 0.15) is 0 Å². The zero-order valence-corrected chi connectivity index (χ0v) is 10.4. The van der Waals surface area contributed by atoms with Crippen molar-refractivity contribution in [1.29, 1.82) is 0 Å². The summed E-state index contributed by atoms with van der Waals surface area (Å²) < 4.78 is 10.0. The Balaban J connectivity index is 2.02. The van der Waals surface area contributed by atoms with Crippen LogP contribution in [-0.2, 0) is 10.5 Å². The van der Waals surface area contributed by atoms with Crippen molar-refractivity contribution in [2.75, 3.05) is 0 Å². The summed E-state index contributed by atoms with van der Waals surface area (Å²) in [5.74, 6) is 0.163. The summed E-state index contributed by atoms with van der Waals surface area (Å²) in [6.45, 7) is 1.59. The lowest BCUT2D eigenvalue weighted by Crippen LogP contribution is -2.39. The molecule has 0 saturated heterocycles. The molecular formula is C14H14N2O3. The Morgan fingerprint density at radius 3 is 2.47 bits per heavy atom. The van der Waals surface area contributed by atoms with E-state index in [0.29, 0.717) is 5.56 Å². The Morgan fingerprint density at radius 2 is 1.84 bits per heavy atom. The molecule has 0 aliphatic rings. The van der Waals surface area contributed by atoms with Gasteiger partial charge in [-0.3, -0.25) is 5.73 Å². The van der Waals surface area contributed by atoms with Crippen LogP contribution in [0.1, 0.15) is 12.5 Å². The van der Waals surface area contributed by atoms with Crippen LogP contribution in [0.4, 0.5) is 4.79 Å². The summed E-state index contributed by atoms with van der Waals surface area (Å²) in [5.41, 5.74) is 5.37. The van der Waals surface area contributed by atoms with E-state index >= 15 is 0 Å². The molecule has 2 rings (SSSR count). The van der Waals surface area contributed by atoms with Gasteiger partial charge >= 0.3 is 6.16 Å². The summed E-state index contributed by atoms with van der Waals surface area (Å²) in [6.07, 6.45) is 0.620. The number of aromatic nitrogens is 1. The van der Waals surface area contributed by atoms with Gasteiger partial charge < -0.3 is 9.47 Å². The molecule has 0 aliphatic carbocycles. The Hall–Kier alpha value is -2.40. The first-order chi connectivity index (χ1) is 9.08. The van der Waals surface area contributed by atoms with E-state index in [1.54, 1.807) is 37.3 Å². The fourth-order valence-electron chi connectivity index (χ4n) is 1.51. The second kappa shape index (κ2) is 5.49. The summed E-state index contributed by atoms with van der Waals surface area (Å²) >= 11 is 0. The average Bonchev–Trinajstić information content (AvgIpc) is 2.40. The minimum atomic E-state index is -1.26. The maximum absolute atomic E-state index is 11.6. The summed E-state index contributed by atoms with van der Waals surface area (Å²) in [7, 11) is 0. The van der Waals surface area contributed by atoms with E-state index in [1.165, 1.54) is 6.20 Å². The fraction of sp³-hybridized carbons (Fsp3) is 0.143. The van der Waals surface area contributed by atoms with Crippen LogP contribution in [0.25, 0.3) is 0 Å². The predicted octanol–water partition coefficient (Wildman–Crippen LogP) is 2.43. The number of nitrogens with zero attached hydrogens (tertiary/aromatic N) is 1. The SMILES string of the molecule is CC(N)(OC(=O)Oc1ccccn1)c1ccccc1. The number of benzene rings is 1. The van der Waals surface area contributed by atoms with Crippen LogP contribution >= 0.6 is 0 Å². The van der Waals surface area contributed by atoms with Gasteiger partial charge in [-0.05, 0) is 13.0 Å².